The van der Waals surface area contributed by atoms with E-state index >= 15 is 0 Å². The van der Waals surface area contributed by atoms with Crippen molar-refractivity contribution < 1.29 is 13.2 Å². The molecule has 0 N–H and O–H groups in total. The van der Waals surface area contributed by atoms with Crippen LogP contribution in [0.5, 0.6) is 0 Å². The Morgan fingerprint density at radius 1 is 1.06 bits per heavy atom. The van der Waals surface area contributed by atoms with Crippen molar-refractivity contribution in [3.05, 3.63) is 52.0 Å². The van der Waals surface area contributed by atoms with Crippen molar-refractivity contribution >= 4 is 27.1 Å². The number of hydrogen-bond donors (Lipinski definition) is 0. The molecule has 2 aliphatic rings. The van der Waals surface area contributed by atoms with Gasteiger partial charge < -0.3 is 4.90 Å². The van der Waals surface area contributed by atoms with Crippen LogP contribution >= 0.6 is 11.3 Å². The van der Waals surface area contributed by atoms with Crippen LogP contribution in [0.25, 0.3) is 0 Å². The van der Waals surface area contributed by atoms with Gasteiger partial charge in [-0.25, -0.2) is 13.4 Å². The zero-order chi connectivity index (χ0) is 21.8. The number of sulfone groups is 1. The van der Waals surface area contributed by atoms with Crippen molar-refractivity contribution in [3.8, 4) is 0 Å². The van der Waals surface area contributed by atoms with Gasteiger partial charge in [-0.15, -0.1) is 11.3 Å². The van der Waals surface area contributed by atoms with Crippen LogP contribution in [0.15, 0.2) is 35.7 Å². The highest BCUT2D eigenvalue weighted by atomic mass is 32.2. The van der Waals surface area contributed by atoms with Crippen LogP contribution in [0.3, 0.4) is 0 Å². The summed E-state index contributed by atoms with van der Waals surface area (Å²) in [5, 5.41) is 3.30. The fourth-order valence-electron chi connectivity index (χ4n) is 4.24. The number of aromatic nitrogens is 1. The van der Waals surface area contributed by atoms with E-state index in [1.54, 1.807) is 11.3 Å². The number of aryl methyl sites for hydroxylation is 1. The molecule has 2 aromatic rings. The standard InChI is InChI=1S/C22H30N4O3S2/c1-2-20-23-19(17-30-20)16-24-8-10-26(11-9-24)22(27)21(18-6-4-3-5-7-18)25-12-14-31(28,29)15-13-25/h3-7,17,21H,2,8-16H2,1H3. The van der Waals surface area contributed by atoms with Gasteiger partial charge in [0.1, 0.15) is 6.04 Å². The number of thiazole rings is 1. The lowest BCUT2D eigenvalue weighted by molar-refractivity contribution is -0.139. The van der Waals surface area contributed by atoms with Crippen LogP contribution in [0.2, 0.25) is 0 Å². The Hall–Kier alpha value is -1.81. The molecule has 9 heteroatoms. The minimum atomic E-state index is -3.00. The Morgan fingerprint density at radius 2 is 1.74 bits per heavy atom. The molecule has 0 radical (unpaired) electrons. The fourth-order valence-corrected chi connectivity index (χ4v) is 6.21. The largest absolute Gasteiger partial charge is 0.338 e. The van der Waals surface area contributed by atoms with E-state index < -0.39 is 15.9 Å². The number of carbonyl (C=O) groups excluding carboxylic acids is 1. The molecule has 0 saturated carbocycles. The van der Waals surface area contributed by atoms with Gasteiger partial charge in [0.05, 0.1) is 22.2 Å². The van der Waals surface area contributed by atoms with Crippen LogP contribution in [0, 0.1) is 0 Å². The Morgan fingerprint density at radius 3 is 2.35 bits per heavy atom. The van der Waals surface area contributed by atoms with E-state index in [2.05, 4.69) is 22.2 Å². The minimum absolute atomic E-state index is 0.0760. The highest BCUT2D eigenvalue weighted by Gasteiger charge is 2.35. The van der Waals surface area contributed by atoms with E-state index in [1.807, 2.05) is 40.1 Å². The van der Waals surface area contributed by atoms with Gasteiger partial charge in [0.15, 0.2) is 9.84 Å². The number of hydrogen-bond acceptors (Lipinski definition) is 7. The molecule has 1 unspecified atom stereocenters. The maximum absolute atomic E-state index is 13.6. The van der Waals surface area contributed by atoms with Gasteiger partial charge in [-0.2, -0.15) is 0 Å². The molecule has 0 bridgehead atoms. The molecule has 168 valence electrons. The van der Waals surface area contributed by atoms with E-state index in [9.17, 15) is 13.2 Å². The number of piperazine rings is 1. The molecule has 2 aliphatic heterocycles. The predicted octanol–water partition coefficient (Wildman–Crippen LogP) is 1.82. The van der Waals surface area contributed by atoms with E-state index in [0.29, 0.717) is 26.2 Å². The zero-order valence-electron chi connectivity index (χ0n) is 17.9. The lowest BCUT2D eigenvalue weighted by Crippen LogP contribution is -2.53. The first kappa shape index (κ1) is 22.4. The predicted molar refractivity (Wildman–Crippen MR) is 123 cm³/mol. The van der Waals surface area contributed by atoms with Gasteiger partial charge in [0.2, 0.25) is 5.91 Å². The topological polar surface area (TPSA) is 73.8 Å². The summed E-state index contributed by atoms with van der Waals surface area (Å²) in [5.74, 6) is 0.308. The van der Waals surface area contributed by atoms with Crippen molar-refractivity contribution in [1.82, 2.24) is 19.7 Å². The van der Waals surface area contributed by atoms with Crippen LogP contribution in [-0.2, 0) is 27.6 Å². The van der Waals surface area contributed by atoms with Crippen molar-refractivity contribution in [1.29, 1.82) is 0 Å². The second kappa shape index (κ2) is 9.77. The van der Waals surface area contributed by atoms with Gasteiger partial charge in [-0.1, -0.05) is 37.3 Å². The quantitative estimate of drug-likeness (QED) is 0.652. The summed E-state index contributed by atoms with van der Waals surface area (Å²) < 4.78 is 23.8. The Bertz CT molecular complexity index is 971. The smallest absolute Gasteiger partial charge is 0.244 e. The third-order valence-corrected chi connectivity index (χ3v) is 8.72. The third kappa shape index (κ3) is 5.52. The molecule has 1 aromatic carbocycles. The molecule has 2 saturated heterocycles. The lowest BCUT2D eigenvalue weighted by Gasteiger charge is -2.40. The number of amides is 1. The lowest BCUT2D eigenvalue weighted by atomic mass is 10.0. The molecule has 1 amide bonds. The summed E-state index contributed by atoms with van der Waals surface area (Å²) in [6.45, 7) is 6.74. The maximum Gasteiger partial charge on any atom is 0.244 e. The van der Waals surface area contributed by atoms with Crippen molar-refractivity contribution in [3.63, 3.8) is 0 Å². The molecule has 0 aliphatic carbocycles. The average molecular weight is 463 g/mol. The monoisotopic (exact) mass is 462 g/mol. The summed E-state index contributed by atoms with van der Waals surface area (Å²) in [6, 6.07) is 9.32. The van der Waals surface area contributed by atoms with E-state index in [4.69, 9.17) is 0 Å². The number of nitrogens with zero attached hydrogens (tertiary/aromatic N) is 4. The van der Waals surface area contributed by atoms with Gasteiger partial charge >= 0.3 is 0 Å². The van der Waals surface area contributed by atoms with Crippen LogP contribution in [0.1, 0.15) is 29.2 Å². The number of rotatable bonds is 6. The SMILES string of the molecule is CCc1nc(CN2CCN(C(=O)C(c3ccccc3)N3CCS(=O)(=O)CC3)CC2)cs1. The first-order chi connectivity index (χ1) is 14.9. The van der Waals surface area contributed by atoms with Crippen LogP contribution in [0.4, 0.5) is 0 Å². The highest BCUT2D eigenvalue weighted by molar-refractivity contribution is 7.91. The summed E-state index contributed by atoms with van der Waals surface area (Å²) in [4.78, 5) is 24.6. The minimum Gasteiger partial charge on any atom is -0.338 e. The molecular formula is C22H30N4O3S2. The maximum atomic E-state index is 13.6. The number of benzene rings is 1. The Labute approximate surface area is 188 Å². The Kier molecular flexibility index (Phi) is 7.05. The fraction of sp³-hybridized carbons (Fsp3) is 0.545. The third-order valence-electron chi connectivity index (χ3n) is 6.06. The van der Waals surface area contributed by atoms with Gasteiger partial charge in [0, 0.05) is 51.2 Å². The highest BCUT2D eigenvalue weighted by Crippen LogP contribution is 2.26. The Balaban J connectivity index is 1.41. The van der Waals surface area contributed by atoms with Gasteiger partial charge in [-0.3, -0.25) is 14.6 Å². The molecule has 7 nitrogen and oxygen atoms in total. The molecular weight excluding hydrogens is 432 g/mol. The van der Waals surface area contributed by atoms with Crippen molar-refractivity contribution in [2.45, 2.75) is 25.9 Å². The molecule has 1 atom stereocenters. The van der Waals surface area contributed by atoms with Gasteiger partial charge in [0.25, 0.3) is 0 Å². The summed E-state index contributed by atoms with van der Waals surface area (Å²) in [6.07, 6.45) is 0.964. The second-order valence-electron chi connectivity index (χ2n) is 8.19. The van der Waals surface area contributed by atoms with Crippen LogP contribution < -0.4 is 0 Å². The van der Waals surface area contributed by atoms with E-state index in [0.717, 1.165) is 42.3 Å². The molecule has 31 heavy (non-hydrogen) atoms. The molecule has 3 heterocycles. The van der Waals surface area contributed by atoms with Gasteiger partial charge in [-0.05, 0) is 12.0 Å². The first-order valence-electron chi connectivity index (χ1n) is 10.9. The normalized spacial score (nSPS) is 21.1. The second-order valence-corrected chi connectivity index (χ2v) is 11.4. The summed E-state index contributed by atoms with van der Waals surface area (Å²) in [5.41, 5.74) is 2.04. The zero-order valence-corrected chi connectivity index (χ0v) is 19.6. The first-order valence-corrected chi connectivity index (χ1v) is 13.6. The van der Waals surface area contributed by atoms with Crippen molar-refractivity contribution in [2.24, 2.45) is 0 Å². The van der Waals surface area contributed by atoms with E-state index in [1.165, 1.54) is 0 Å². The molecule has 2 fully saturated rings. The summed E-state index contributed by atoms with van der Waals surface area (Å²) >= 11 is 1.71. The molecule has 4 rings (SSSR count). The number of carbonyl (C=O) groups is 1. The van der Waals surface area contributed by atoms with E-state index in [-0.39, 0.29) is 17.4 Å². The van der Waals surface area contributed by atoms with Crippen LogP contribution in [-0.4, -0.2) is 84.8 Å². The molecule has 1 aromatic heterocycles. The average Bonchev–Trinajstić information content (AvgIpc) is 3.24. The summed E-state index contributed by atoms with van der Waals surface area (Å²) in [7, 11) is -3.00. The molecule has 0 spiro atoms. The van der Waals surface area contributed by atoms with Crippen molar-refractivity contribution in [2.75, 3.05) is 50.8 Å².